The predicted molar refractivity (Wildman–Crippen MR) is 75.7 cm³/mol. The Hall–Kier alpha value is -2.82. The molecule has 0 aliphatic rings. The van der Waals surface area contributed by atoms with Gasteiger partial charge < -0.3 is 14.2 Å². The van der Waals surface area contributed by atoms with Crippen molar-refractivity contribution in [3.05, 3.63) is 59.7 Å². The number of esters is 2. The van der Waals surface area contributed by atoms with E-state index in [-0.39, 0.29) is 5.75 Å². The molecule has 0 bridgehead atoms. The molecule has 0 aliphatic heterocycles. The molecule has 0 fully saturated rings. The maximum atomic E-state index is 12.0. The smallest absolute Gasteiger partial charge is 0.343 e. The Labute approximate surface area is 122 Å². The second-order valence-corrected chi connectivity index (χ2v) is 4.14. The van der Waals surface area contributed by atoms with E-state index in [9.17, 15) is 9.59 Å². The molecular weight excluding hydrogens is 272 g/mol. The molecule has 2 rings (SSSR count). The van der Waals surface area contributed by atoms with Crippen LogP contribution in [0.3, 0.4) is 0 Å². The van der Waals surface area contributed by atoms with E-state index in [1.54, 1.807) is 42.5 Å². The van der Waals surface area contributed by atoms with Crippen molar-refractivity contribution >= 4 is 11.9 Å². The lowest BCUT2D eigenvalue weighted by Gasteiger charge is -2.07. The lowest BCUT2D eigenvalue weighted by Crippen LogP contribution is -2.09. The molecule has 0 aromatic heterocycles. The van der Waals surface area contributed by atoms with E-state index in [2.05, 4.69) is 4.74 Å². The van der Waals surface area contributed by atoms with Gasteiger partial charge in [-0.3, -0.25) is 0 Å². The van der Waals surface area contributed by atoms with Crippen molar-refractivity contribution < 1.29 is 23.8 Å². The summed E-state index contributed by atoms with van der Waals surface area (Å²) < 4.78 is 14.9. The summed E-state index contributed by atoms with van der Waals surface area (Å²) in [4.78, 5) is 23.5. The molecule has 0 N–H and O–H groups in total. The molecule has 0 spiro atoms. The normalized spacial score (nSPS) is 9.81. The van der Waals surface area contributed by atoms with E-state index in [0.717, 1.165) is 0 Å². The third-order valence-electron chi connectivity index (χ3n) is 2.77. The first kappa shape index (κ1) is 14.6. The fourth-order valence-electron chi connectivity index (χ4n) is 1.72. The van der Waals surface area contributed by atoms with Crippen LogP contribution in [-0.4, -0.2) is 26.2 Å². The van der Waals surface area contributed by atoms with Gasteiger partial charge in [0.25, 0.3) is 0 Å². The van der Waals surface area contributed by atoms with E-state index < -0.39 is 11.9 Å². The number of carbonyl (C=O) groups excluding carboxylic acids is 2. The first-order valence-electron chi connectivity index (χ1n) is 6.18. The molecule has 0 unspecified atom stereocenters. The average Bonchev–Trinajstić information content (AvgIpc) is 2.54. The molecule has 21 heavy (non-hydrogen) atoms. The van der Waals surface area contributed by atoms with E-state index >= 15 is 0 Å². The van der Waals surface area contributed by atoms with Gasteiger partial charge >= 0.3 is 11.9 Å². The quantitative estimate of drug-likeness (QED) is 0.639. The molecule has 0 amide bonds. The van der Waals surface area contributed by atoms with E-state index in [1.165, 1.54) is 20.3 Å². The Kier molecular flexibility index (Phi) is 4.56. The summed E-state index contributed by atoms with van der Waals surface area (Å²) in [7, 11) is 2.81. The Morgan fingerprint density at radius 1 is 0.810 bits per heavy atom. The summed E-state index contributed by atoms with van der Waals surface area (Å²) >= 11 is 0. The van der Waals surface area contributed by atoms with Crippen LogP contribution in [0.1, 0.15) is 20.7 Å². The van der Waals surface area contributed by atoms with Gasteiger partial charge in [0, 0.05) is 0 Å². The Morgan fingerprint density at radius 3 is 2.00 bits per heavy atom. The maximum Gasteiger partial charge on any atom is 0.343 e. The van der Waals surface area contributed by atoms with Gasteiger partial charge in [-0.05, 0) is 36.4 Å². The summed E-state index contributed by atoms with van der Waals surface area (Å²) in [6.45, 7) is 0. The first-order chi connectivity index (χ1) is 10.1. The minimum Gasteiger partial charge on any atom is -0.497 e. The average molecular weight is 286 g/mol. The van der Waals surface area contributed by atoms with Gasteiger partial charge in [-0.2, -0.15) is 0 Å². The molecule has 108 valence electrons. The van der Waals surface area contributed by atoms with E-state index in [1.807, 2.05) is 0 Å². The van der Waals surface area contributed by atoms with Crippen molar-refractivity contribution in [3.63, 3.8) is 0 Å². The highest BCUT2D eigenvalue weighted by atomic mass is 16.5. The van der Waals surface area contributed by atoms with Gasteiger partial charge in [0.2, 0.25) is 0 Å². The fraction of sp³-hybridized carbons (Fsp3) is 0.125. The molecular formula is C16H14O5. The van der Waals surface area contributed by atoms with Gasteiger partial charge in [0.15, 0.2) is 0 Å². The van der Waals surface area contributed by atoms with Gasteiger partial charge in [0.05, 0.1) is 25.3 Å². The van der Waals surface area contributed by atoms with Crippen molar-refractivity contribution in [2.75, 3.05) is 14.2 Å². The van der Waals surface area contributed by atoms with Gasteiger partial charge in [-0.25, -0.2) is 9.59 Å². The molecule has 0 aliphatic carbocycles. The number of benzene rings is 2. The third kappa shape index (κ3) is 3.60. The van der Waals surface area contributed by atoms with Crippen molar-refractivity contribution in [2.24, 2.45) is 0 Å². The lowest BCUT2D eigenvalue weighted by atomic mass is 10.2. The van der Waals surface area contributed by atoms with Crippen LogP contribution in [0.2, 0.25) is 0 Å². The second-order valence-electron chi connectivity index (χ2n) is 4.14. The van der Waals surface area contributed by atoms with Crippen LogP contribution in [-0.2, 0) is 4.74 Å². The van der Waals surface area contributed by atoms with Crippen molar-refractivity contribution in [2.45, 2.75) is 0 Å². The van der Waals surface area contributed by atoms with Crippen molar-refractivity contribution in [1.82, 2.24) is 0 Å². The third-order valence-corrected chi connectivity index (χ3v) is 2.77. The topological polar surface area (TPSA) is 61.8 Å². The SMILES string of the molecule is COC(=O)c1cccc(OC(=O)c2cccc(OC)c2)c1. The van der Waals surface area contributed by atoms with Gasteiger partial charge in [-0.15, -0.1) is 0 Å². The van der Waals surface area contributed by atoms with Crippen LogP contribution in [0.15, 0.2) is 48.5 Å². The lowest BCUT2D eigenvalue weighted by molar-refractivity contribution is 0.0597. The van der Waals surface area contributed by atoms with Gasteiger partial charge in [0.1, 0.15) is 11.5 Å². The number of hydrogen-bond donors (Lipinski definition) is 0. The zero-order chi connectivity index (χ0) is 15.2. The molecule has 0 radical (unpaired) electrons. The van der Waals surface area contributed by atoms with Crippen LogP contribution < -0.4 is 9.47 Å². The minimum atomic E-state index is -0.532. The Bertz CT molecular complexity index is 663. The maximum absolute atomic E-state index is 12.0. The zero-order valence-electron chi connectivity index (χ0n) is 11.7. The summed E-state index contributed by atoms with van der Waals surface area (Å²) in [6, 6.07) is 12.8. The highest BCUT2D eigenvalue weighted by Crippen LogP contribution is 2.18. The standard InChI is InChI=1S/C16H14O5/c1-19-13-7-3-6-12(9-13)16(18)21-14-8-4-5-11(10-14)15(17)20-2/h3-10H,1-2H3. The van der Waals surface area contributed by atoms with Crippen LogP contribution in [0.4, 0.5) is 0 Å². The summed E-state index contributed by atoms with van der Waals surface area (Å²) in [5.41, 5.74) is 0.672. The monoisotopic (exact) mass is 286 g/mol. The molecule has 0 saturated heterocycles. The molecule has 2 aromatic rings. The van der Waals surface area contributed by atoms with Gasteiger partial charge in [-0.1, -0.05) is 12.1 Å². The summed E-state index contributed by atoms with van der Waals surface area (Å²) in [6.07, 6.45) is 0. The second kappa shape index (κ2) is 6.56. The van der Waals surface area contributed by atoms with Crippen molar-refractivity contribution in [1.29, 1.82) is 0 Å². The number of methoxy groups -OCH3 is 2. The van der Waals surface area contributed by atoms with Crippen LogP contribution in [0.25, 0.3) is 0 Å². The summed E-state index contributed by atoms with van der Waals surface area (Å²) in [5, 5.41) is 0. The number of carbonyl (C=O) groups is 2. The first-order valence-corrected chi connectivity index (χ1v) is 6.18. The highest BCUT2D eigenvalue weighted by Gasteiger charge is 2.11. The highest BCUT2D eigenvalue weighted by molar-refractivity contribution is 5.92. The van der Waals surface area contributed by atoms with Crippen LogP contribution in [0.5, 0.6) is 11.5 Å². The van der Waals surface area contributed by atoms with Crippen LogP contribution in [0, 0.1) is 0 Å². The summed E-state index contributed by atoms with van der Waals surface area (Å²) in [5.74, 6) is -0.191. The van der Waals surface area contributed by atoms with E-state index in [0.29, 0.717) is 16.9 Å². The van der Waals surface area contributed by atoms with E-state index in [4.69, 9.17) is 9.47 Å². The molecule has 0 heterocycles. The van der Waals surface area contributed by atoms with Crippen LogP contribution >= 0.6 is 0 Å². The molecule has 2 aromatic carbocycles. The molecule has 5 nitrogen and oxygen atoms in total. The number of ether oxygens (including phenoxy) is 3. The fourth-order valence-corrected chi connectivity index (χ4v) is 1.72. The zero-order valence-corrected chi connectivity index (χ0v) is 11.7. The predicted octanol–water partition coefficient (Wildman–Crippen LogP) is 2.70. The number of rotatable bonds is 4. The molecule has 0 saturated carbocycles. The molecule has 5 heteroatoms. The molecule has 0 atom stereocenters. The Balaban J connectivity index is 2.17. The number of hydrogen-bond acceptors (Lipinski definition) is 5. The largest absolute Gasteiger partial charge is 0.497 e. The minimum absolute atomic E-state index is 0.269. The Morgan fingerprint density at radius 2 is 1.38 bits per heavy atom. The van der Waals surface area contributed by atoms with Crippen molar-refractivity contribution in [3.8, 4) is 11.5 Å².